The SMILES string of the molecule is CNc1cc(F)cc2c1Cc1nc(Oc3cnc4cccnc4c3)nc(N3CC4[C@H](C[C@H]4N)C3)c1-2. The molecule has 2 aliphatic carbocycles. The molecular formula is C26H24FN7O. The van der Waals surface area contributed by atoms with Crippen LogP contribution in [0.4, 0.5) is 15.9 Å². The van der Waals surface area contributed by atoms with Crippen molar-refractivity contribution in [3.05, 3.63) is 59.8 Å². The monoisotopic (exact) mass is 469 g/mol. The Morgan fingerprint density at radius 1 is 1.14 bits per heavy atom. The molecule has 1 saturated heterocycles. The maximum atomic E-state index is 14.5. The van der Waals surface area contributed by atoms with Crippen molar-refractivity contribution in [2.24, 2.45) is 17.6 Å². The topological polar surface area (TPSA) is 102 Å². The number of anilines is 2. The maximum Gasteiger partial charge on any atom is 0.324 e. The molecule has 0 bridgehead atoms. The van der Waals surface area contributed by atoms with Gasteiger partial charge in [-0.1, -0.05) is 0 Å². The van der Waals surface area contributed by atoms with Gasteiger partial charge in [0.1, 0.15) is 11.6 Å². The highest BCUT2D eigenvalue weighted by atomic mass is 19.1. The zero-order valence-electron chi connectivity index (χ0n) is 19.2. The molecule has 3 N–H and O–H groups in total. The molecule has 0 amide bonds. The van der Waals surface area contributed by atoms with Gasteiger partial charge < -0.3 is 20.7 Å². The highest BCUT2D eigenvalue weighted by Gasteiger charge is 2.46. The number of ether oxygens (including phenoxy) is 1. The fraction of sp³-hybridized carbons (Fsp3) is 0.308. The Bertz CT molecular complexity index is 1490. The fourth-order valence-corrected chi connectivity index (χ4v) is 5.82. The van der Waals surface area contributed by atoms with Crippen LogP contribution in [0, 0.1) is 17.7 Å². The van der Waals surface area contributed by atoms with Gasteiger partial charge in [-0.05, 0) is 53.6 Å². The lowest BCUT2D eigenvalue weighted by atomic mass is 9.72. The van der Waals surface area contributed by atoms with Gasteiger partial charge in [0.2, 0.25) is 0 Å². The van der Waals surface area contributed by atoms with Crippen LogP contribution in [0.2, 0.25) is 0 Å². The quantitative estimate of drug-likeness (QED) is 0.410. The normalized spacial score (nSPS) is 21.9. The zero-order valence-corrected chi connectivity index (χ0v) is 19.2. The summed E-state index contributed by atoms with van der Waals surface area (Å²) in [5, 5.41) is 3.13. The first-order valence-corrected chi connectivity index (χ1v) is 11.9. The molecule has 1 aromatic carbocycles. The lowest BCUT2D eigenvalue weighted by Gasteiger charge is -2.36. The molecule has 9 heteroatoms. The number of halogens is 1. The minimum atomic E-state index is -0.287. The van der Waals surface area contributed by atoms with Crippen LogP contribution < -0.4 is 20.7 Å². The summed E-state index contributed by atoms with van der Waals surface area (Å²) in [6, 6.07) is 9.17. The number of pyridine rings is 2. The molecule has 1 aliphatic heterocycles. The maximum absolute atomic E-state index is 14.5. The molecule has 0 spiro atoms. The molecule has 3 aliphatic rings. The molecular weight excluding hydrogens is 445 g/mol. The number of benzene rings is 1. The van der Waals surface area contributed by atoms with Gasteiger partial charge in [-0.15, -0.1) is 0 Å². The minimum absolute atomic E-state index is 0.229. The number of aromatic nitrogens is 4. The first-order valence-electron chi connectivity index (χ1n) is 11.9. The number of rotatable bonds is 4. The van der Waals surface area contributed by atoms with Crippen LogP contribution in [0.1, 0.15) is 17.7 Å². The van der Waals surface area contributed by atoms with Crippen molar-refractivity contribution < 1.29 is 9.13 Å². The first kappa shape index (κ1) is 20.5. The number of nitrogens with zero attached hydrogens (tertiary/aromatic N) is 5. The summed E-state index contributed by atoms with van der Waals surface area (Å²) in [6.45, 7) is 1.71. The molecule has 3 aromatic heterocycles. The molecule has 176 valence electrons. The molecule has 0 radical (unpaired) electrons. The van der Waals surface area contributed by atoms with Gasteiger partial charge in [0.05, 0.1) is 22.9 Å². The summed E-state index contributed by atoms with van der Waals surface area (Å²) in [6.07, 6.45) is 4.98. The van der Waals surface area contributed by atoms with Crippen molar-refractivity contribution in [1.29, 1.82) is 0 Å². The van der Waals surface area contributed by atoms with E-state index in [9.17, 15) is 4.39 Å². The number of hydrogen-bond donors (Lipinski definition) is 2. The second kappa shape index (κ2) is 7.58. The van der Waals surface area contributed by atoms with E-state index in [1.54, 1.807) is 25.5 Å². The average Bonchev–Trinajstić information content (AvgIpc) is 3.40. The van der Waals surface area contributed by atoms with Crippen molar-refractivity contribution in [3.63, 3.8) is 0 Å². The molecule has 2 fully saturated rings. The fourth-order valence-electron chi connectivity index (χ4n) is 5.82. The lowest BCUT2D eigenvalue weighted by Crippen LogP contribution is -2.46. The Labute approximate surface area is 201 Å². The van der Waals surface area contributed by atoms with E-state index < -0.39 is 0 Å². The van der Waals surface area contributed by atoms with E-state index in [1.807, 2.05) is 18.2 Å². The second-order valence-electron chi connectivity index (χ2n) is 9.60. The van der Waals surface area contributed by atoms with Gasteiger partial charge in [0, 0.05) is 56.1 Å². The van der Waals surface area contributed by atoms with Crippen LogP contribution in [0.15, 0.2) is 42.7 Å². The van der Waals surface area contributed by atoms with E-state index in [2.05, 4.69) is 20.2 Å². The highest BCUT2D eigenvalue weighted by molar-refractivity contribution is 5.88. The largest absolute Gasteiger partial charge is 0.423 e. The summed E-state index contributed by atoms with van der Waals surface area (Å²) >= 11 is 0. The van der Waals surface area contributed by atoms with Gasteiger partial charge in [-0.2, -0.15) is 9.97 Å². The molecule has 1 unspecified atom stereocenters. The van der Waals surface area contributed by atoms with Crippen molar-refractivity contribution >= 4 is 22.5 Å². The predicted octanol–water partition coefficient (Wildman–Crippen LogP) is 3.75. The molecule has 8 nitrogen and oxygen atoms in total. The van der Waals surface area contributed by atoms with Gasteiger partial charge in [-0.3, -0.25) is 9.97 Å². The standard InChI is InChI=1S/C26H24FN7O/c1-29-21-7-14(27)6-17-16(21)9-23-24(17)25(34-11-13-5-19(28)18(13)12-34)33-26(32-23)35-15-8-22-20(31-10-15)3-2-4-30-22/h2-4,6-8,10,13,18-19,29H,5,9,11-12,28H2,1H3/t13-,18?,19-/m1/s1. The highest BCUT2D eigenvalue weighted by Crippen LogP contribution is 2.48. The molecule has 35 heavy (non-hydrogen) atoms. The number of hydrogen-bond acceptors (Lipinski definition) is 8. The summed E-state index contributed by atoms with van der Waals surface area (Å²) in [4.78, 5) is 20.7. The van der Waals surface area contributed by atoms with Gasteiger partial charge in [0.15, 0.2) is 5.75 Å². The second-order valence-corrected chi connectivity index (χ2v) is 9.60. The lowest BCUT2D eigenvalue weighted by molar-refractivity contribution is 0.194. The van der Waals surface area contributed by atoms with E-state index in [1.165, 1.54) is 6.07 Å². The Morgan fingerprint density at radius 3 is 2.89 bits per heavy atom. The van der Waals surface area contributed by atoms with Crippen molar-refractivity contribution in [2.75, 3.05) is 30.4 Å². The van der Waals surface area contributed by atoms with Crippen molar-refractivity contribution in [1.82, 2.24) is 19.9 Å². The Balaban J connectivity index is 1.33. The van der Waals surface area contributed by atoms with E-state index in [0.717, 1.165) is 64.4 Å². The van der Waals surface area contributed by atoms with Crippen LogP contribution in [0.3, 0.4) is 0 Å². The number of nitrogens with two attached hydrogens (primary N) is 1. The van der Waals surface area contributed by atoms with Gasteiger partial charge in [-0.25, -0.2) is 4.39 Å². The van der Waals surface area contributed by atoms with E-state index in [4.69, 9.17) is 20.4 Å². The smallest absolute Gasteiger partial charge is 0.324 e. The Morgan fingerprint density at radius 2 is 2.06 bits per heavy atom. The first-order chi connectivity index (χ1) is 17.1. The Hall–Kier alpha value is -3.85. The van der Waals surface area contributed by atoms with E-state index in [0.29, 0.717) is 24.0 Å². The van der Waals surface area contributed by atoms with E-state index >= 15 is 0 Å². The molecule has 1 saturated carbocycles. The number of fused-ring (bicyclic) bond motifs is 5. The zero-order chi connectivity index (χ0) is 23.7. The summed E-state index contributed by atoms with van der Waals surface area (Å²) in [7, 11) is 1.81. The molecule has 3 atom stereocenters. The van der Waals surface area contributed by atoms with E-state index in [-0.39, 0.29) is 17.9 Å². The number of nitrogens with one attached hydrogen (secondary N) is 1. The van der Waals surface area contributed by atoms with Crippen LogP contribution in [0.25, 0.3) is 22.2 Å². The Kier molecular flexibility index (Phi) is 4.44. The van der Waals surface area contributed by atoms with Crippen LogP contribution >= 0.6 is 0 Å². The van der Waals surface area contributed by atoms with Crippen LogP contribution in [-0.4, -0.2) is 46.1 Å². The van der Waals surface area contributed by atoms with Crippen molar-refractivity contribution in [3.8, 4) is 22.9 Å². The molecule has 4 heterocycles. The summed E-state index contributed by atoms with van der Waals surface area (Å²) in [5.41, 5.74) is 12.1. The summed E-state index contributed by atoms with van der Waals surface area (Å²) in [5.74, 6) is 2.04. The molecule has 4 aromatic rings. The third-order valence-corrected chi connectivity index (χ3v) is 7.59. The van der Waals surface area contributed by atoms with Crippen LogP contribution in [0.5, 0.6) is 11.8 Å². The van der Waals surface area contributed by atoms with Crippen LogP contribution in [-0.2, 0) is 6.42 Å². The molecule has 7 rings (SSSR count). The predicted molar refractivity (Wildman–Crippen MR) is 131 cm³/mol. The summed E-state index contributed by atoms with van der Waals surface area (Å²) < 4.78 is 20.7. The van der Waals surface area contributed by atoms with Gasteiger partial charge in [0.25, 0.3) is 0 Å². The minimum Gasteiger partial charge on any atom is -0.423 e. The third-order valence-electron chi connectivity index (χ3n) is 7.59. The van der Waals surface area contributed by atoms with Gasteiger partial charge >= 0.3 is 6.01 Å². The average molecular weight is 470 g/mol. The third kappa shape index (κ3) is 3.22. The van der Waals surface area contributed by atoms with Crippen molar-refractivity contribution in [2.45, 2.75) is 18.9 Å².